The Morgan fingerprint density at radius 3 is 2.67 bits per heavy atom. The lowest BCUT2D eigenvalue weighted by atomic mass is 10.2. The average molecular weight is 286 g/mol. The molecule has 6 nitrogen and oxygen atoms in total. The second-order valence-corrected chi connectivity index (χ2v) is 4.80. The van der Waals surface area contributed by atoms with Crippen molar-refractivity contribution in [1.29, 1.82) is 5.26 Å². The molecular formula is C14H15FN6. The number of nitrogens with one attached hydrogen (secondary N) is 1. The van der Waals surface area contributed by atoms with Crippen LogP contribution < -0.4 is 16.0 Å². The third-order valence-electron chi connectivity index (χ3n) is 3.51. The van der Waals surface area contributed by atoms with Gasteiger partial charge in [-0.3, -0.25) is 0 Å². The van der Waals surface area contributed by atoms with E-state index in [9.17, 15) is 9.65 Å². The van der Waals surface area contributed by atoms with Crippen molar-refractivity contribution in [3.63, 3.8) is 0 Å². The first-order valence-corrected chi connectivity index (χ1v) is 6.71. The maximum atomic E-state index is 13.9. The number of nitrogens with zero attached hydrogens (tertiary/aromatic N) is 4. The molecule has 7 heteroatoms. The molecule has 2 heterocycles. The van der Waals surface area contributed by atoms with Crippen LogP contribution in [-0.2, 0) is 0 Å². The number of para-hydroxylation sites is 1. The van der Waals surface area contributed by atoms with Gasteiger partial charge in [-0.15, -0.1) is 5.10 Å². The molecule has 1 aromatic heterocycles. The van der Waals surface area contributed by atoms with Gasteiger partial charge in [-0.1, -0.05) is 12.1 Å². The van der Waals surface area contributed by atoms with Crippen LogP contribution in [0.15, 0.2) is 24.3 Å². The molecule has 0 atom stereocenters. The van der Waals surface area contributed by atoms with Crippen LogP contribution in [0.2, 0.25) is 0 Å². The van der Waals surface area contributed by atoms with Gasteiger partial charge in [0.05, 0.1) is 0 Å². The molecule has 0 bridgehead atoms. The third kappa shape index (κ3) is 2.30. The summed E-state index contributed by atoms with van der Waals surface area (Å²) in [5.41, 5.74) is 6.53. The lowest BCUT2D eigenvalue weighted by Gasteiger charge is -2.27. The summed E-state index contributed by atoms with van der Waals surface area (Å²) < 4.78 is 15.2. The molecule has 1 aliphatic rings. The standard InChI is InChI=1S/C14H15FN6/c15-11-3-1-2-4-12(11)21-13(17)10(9-16)14(19-21)20-7-5-18-6-8-20/h1-4,18H,5-8,17H2. The fourth-order valence-corrected chi connectivity index (χ4v) is 2.43. The number of hydrogen-bond acceptors (Lipinski definition) is 5. The van der Waals surface area contributed by atoms with Gasteiger partial charge in [-0.05, 0) is 12.1 Å². The number of nitrogen functional groups attached to an aromatic ring is 1. The Morgan fingerprint density at radius 2 is 2.00 bits per heavy atom. The Labute approximate surface area is 121 Å². The normalized spacial score (nSPS) is 15.0. The number of hydrogen-bond donors (Lipinski definition) is 2. The molecule has 1 aromatic carbocycles. The number of nitriles is 1. The summed E-state index contributed by atoms with van der Waals surface area (Å²) in [6, 6.07) is 8.31. The first kappa shape index (κ1) is 13.4. The minimum atomic E-state index is -0.428. The maximum absolute atomic E-state index is 13.9. The predicted octanol–water partition coefficient (Wildman–Crippen LogP) is 0.875. The van der Waals surface area contributed by atoms with Gasteiger partial charge >= 0.3 is 0 Å². The molecular weight excluding hydrogens is 271 g/mol. The molecule has 0 unspecified atom stereocenters. The Bertz CT molecular complexity index is 696. The van der Waals surface area contributed by atoms with Crippen molar-refractivity contribution in [3.8, 4) is 11.8 Å². The molecule has 0 saturated carbocycles. The van der Waals surface area contributed by atoms with E-state index in [2.05, 4.69) is 16.5 Å². The quantitative estimate of drug-likeness (QED) is 0.856. The van der Waals surface area contributed by atoms with E-state index in [1.54, 1.807) is 18.2 Å². The molecule has 3 N–H and O–H groups in total. The van der Waals surface area contributed by atoms with E-state index in [4.69, 9.17) is 5.73 Å². The van der Waals surface area contributed by atoms with Crippen molar-refractivity contribution in [2.24, 2.45) is 0 Å². The molecule has 1 aliphatic heterocycles. The first-order chi connectivity index (χ1) is 10.2. The molecule has 0 aliphatic carbocycles. The number of anilines is 2. The Hall–Kier alpha value is -2.59. The first-order valence-electron chi connectivity index (χ1n) is 6.71. The minimum absolute atomic E-state index is 0.163. The fourth-order valence-electron chi connectivity index (χ4n) is 2.43. The van der Waals surface area contributed by atoms with Gasteiger partial charge in [-0.25, -0.2) is 9.07 Å². The highest BCUT2D eigenvalue weighted by Gasteiger charge is 2.23. The number of halogens is 1. The fraction of sp³-hybridized carbons (Fsp3) is 0.286. The summed E-state index contributed by atoms with van der Waals surface area (Å²) in [5, 5.41) is 16.9. The highest BCUT2D eigenvalue weighted by atomic mass is 19.1. The molecule has 1 saturated heterocycles. The summed E-state index contributed by atoms with van der Waals surface area (Å²) in [7, 11) is 0. The number of benzene rings is 1. The second-order valence-electron chi connectivity index (χ2n) is 4.80. The number of rotatable bonds is 2. The van der Waals surface area contributed by atoms with Crippen LogP contribution in [0, 0.1) is 17.1 Å². The zero-order valence-electron chi connectivity index (χ0n) is 11.4. The monoisotopic (exact) mass is 286 g/mol. The van der Waals surface area contributed by atoms with Crippen molar-refractivity contribution < 1.29 is 4.39 Å². The largest absolute Gasteiger partial charge is 0.382 e. The van der Waals surface area contributed by atoms with Gasteiger partial charge in [0, 0.05) is 26.2 Å². The summed E-state index contributed by atoms with van der Waals surface area (Å²) >= 11 is 0. The van der Waals surface area contributed by atoms with Gasteiger partial charge < -0.3 is 16.0 Å². The van der Waals surface area contributed by atoms with Crippen LogP contribution in [0.3, 0.4) is 0 Å². The van der Waals surface area contributed by atoms with E-state index < -0.39 is 5.82 Å². The van der Waals surface area contributed by atoms with E-state index in [0.29, 0.717) is 11.4 Å². The van der Waals surface area contributed by atoms with Crippen molar-refractivity contribution in [2.75, 3.05) is 36.8 Å². The van der Waals surface area contributed by atoms with E-state index in [1.807, 2.05) is 4.90 Å². The Morgan fingerprint density at radius 1 is 1.29 bits per heavy atom. The molecule has 3 rings (SSSR count). The van der Waals surface area contributed by atoms with Crippen LogP contribution in [0.25, 0.3) is 5.69 Å². The van der Waals surface area contributed by atoms with Crippen molar-refractivity contribution in [2.45, 2.75) is 0 Å². The van der Waals surface area contributed by atoms with Gasteiger partial charge in [-0.2, -0.15) is 5.26 Å². The van der Waals surface area contributed by atoms with Crippen molar-refractivity contribution >= 4 is 11.6 Å². The van der Waals surface area contributed by atoms with Gasteiger partial charge in [0.15, 0.2) is 5.82 Å². The minimum Gasteiger partial charge on any atom is -0.382 e. The van der Waals surface area contributed by atoms with Crippen LogP contribution >= 0.6 is 0 Å². The molecule has 108 valence electrons. The van der Waals surface area contributed by atoms with Crippen LogP contribution in [0.5, 0.6) is 0 Å². The van der Waals surface area contributed by atoms with E-state index >= 15 is 0 Å². The van der Waals surface area contributed by atoms with Gasteiger partial charge in [0.1, 0.15) is 29.0 Å². The van der Waals surface area contributed by atoms with Crippen LogP contribution in [-0.4, -0.2) is 36.0 Å². The highest BCUT2D eigenvalue weighted by Crippen LogP contribution is 2.28. The molecule has 1 fully saturated rings. The third-order valence-corrected chi connectivity index (χ3v) is 3.51. The Balaban J connectivity index is 2.09. The van der Waals surface area contributed by atoms with E-state index in [1.165, 1.54) is 10.7 Å². The number of piperazine rings is 1. The summed E-state index contributed by atoms with van der Waals surface area (Å²) in [4.78, 5) is 1.99. The van der Waals surface area contributed by atoms with Crippen LogP contribution in [0.1, 0.15) is 5.56 Å². The van der Waals surface area contributed by atoms with E-state index in [-0.39, 0.29) is 11.5 Å². The van der Waals surface area contributed by atoms with Crippen molar-refractivity contribution in [3.05, 3.63) is 35.6 Å². The number of aromatic nitrogens is 2. The predicted molar refractivity (Wildman–Crippen MR) is 77.7 cm³/mol. The molecule has 21 heavy (non-hydrogen) atoms. The summed E-state index contributed by atoms with van der Waals surface area (Å²) in [6.45, 7) is 3.11. The molecule has 2 aromatic rings. The topological polar surface area (TPSA) is 82.9 Å². The summed E-state index contributed by atoms with van der Waals surface area (Å²) in [5.74, 6) is 0.249. The lowest BCUT2D eigenvalue weighted by molar-refractivity contribution is 0.580. The maximum Gasteiger partial charge on any atom is 0.171 e. The molecule has 0 radical (unpaired) electrons. The van der Waals surface area contributed by atoms with Gasteiger partial charge in [0.2, 0.25) is 0 Å². The highest BCUT2D eigenvalue weighted by molar-refractivity contribution is 5.67. The van der Waals surface area contributed by atoms with Gasteiger partial charge in [0.25, 0.3) is 0 Å². The van der Waals surface area contributed by atoms with Crippen LogP contribution in [0.4, 0.5) is 16.0 Å². The van der Waals surface area contributed by atoms with Crippen molar-refractivity contribution in [1.82, 2.24) is 15.1 Å². The lowest BCUT2D eigenvalue weighted by Crippen LogP contribution is -2.44. The molecule has 0 amide bonds. The Kier molecular flexibility index (Phi) is 3.46. The second kappa shape index (κ2) is 5.42. The summed E-state index contributed by atoms with van der Waals surface area (Å²) in [6.07, 6.45) is 0. The molecule has 0 spiro atoms. The zero-order chi connectivity index (χ0) is 14.8. The number of nitrogens with two attached hydrogens (primary N) is 1. The average Bonchev–Trinajstić information content (AvgIpc) is 2.85. The SMILES string of the molecule is N#Cc1c(N2CCNCC2)nn(-c2ccccc2F)c1N. The van der Waals surface area contributed by atoms with E-state index in [0.717, 1.165) is 26.2 Å². The smallest absolute Gasteiger partial charge is 0.171 e. The zero-order valence-corrected chi connectivity index (χ0v) is 11.4.